The zero-order valence-electron chi connectivity index (χ0n) is 19.7. The van der Waals surface area contributed by atoms with Gasteiger partial charge in [0.25, 0.3) is 0 Å². The summed E-state index contributed by atoms with van der Waals surface area (Å²) in [7, 11) is 0. The maximum absolute atomic E-state index is 13.2. The van der Waals surface area contributed by atoms with Gasteiger partial charge in [-0.15, -0.1) is 11.8 Å². The number of thioether (sulfide) groups is 1. The molecule has 0 heterocycles. The van der Waals surface area contributed by atoms with E-state index in [1.807, 2.05) is 72.8 Å². The van der Waals surface area contributed by atoms with Gasteiger partial charge in [-0.1, -0.05) is 60.7 Å². The number of rotatable bonds is 9. The van der Waals surface area contributed by atoms with E-state index in [1.54, 1.807) is 30.3 Å². The molecule has 0 bridgehead atoms. The summed E-state index contributed by atoms with van der Waals surface area (Å²) in [6.45, 7) is 0. The molecule has 0 radical (unpaired) electrons. The fourth-order valence-electron chi connectivity index (χ4n) is 3.48. The van der Waals surface area contributed by atoms with Crippen LogP contribution in [0.4, 0.5) is 11.4 Å². The average molecular weight is 509 g/mol. The van der Waals surface area contributed by atoms with Crippen LogP contribution in [0.15, 0.2) is 120 Å². The van der Waals surface area contributed by atoms with Crippen LogP contribution in [0.3, 0.4) is 0 Å². The zero-order valence-corrected chi connectivity index (χ0v) is 20.5. The van der Waals surface area contributed by atoms with Crippen molar-refractivity contribution in [2.24, 2.45) is 0 Å². The minimum Gasteiger partial charge on any atom is -0.478 e. The average Bonchev–Trinajstić information content (AvgIpc) is 2.93. The summed E-state index contributed by atoms with van der Waals surface area (Å²) in [5.41, 5.74) is 3.07. The van der Waals surface area contributed by atoms with Gasteiger partial charge in [0.1, 0.15) is 5.25 Å². The molecule has 1 atom stereocenters. The van der Waals surface area contributed by atoms with Gasteiger partial charge in [0.15, 0.2) is 0 Å². The lowest BCUT2D eigenvalue weighted by Gasteiger charge is -2.17. The molecule has 6 nitrogen and oxygen atoms in total. The predicted molar refractivity (Wildman–Crippen MR) is 148 cm³/mol. The molecule has 4 rings (SSSR count). The first-order valence-corrected chi connectivity index (χ1v) is 12.4. The summed E-state index contributed by atoms with van der Waals surface area (Å²) in [4.78, 5) is 37.4. The first-order chi connectivity index (χ1) is 18.0. The van der Waals surface area contributed by atoms with Gasteiger partial charge in [-0.2, -0.15) is 0 Å². The molecule has 184 valence electrons. The second-order valence-electron chi connectivity index (χ2n) is 8.04. The van der Waals surface area contributed by atoms with Crippen LogP contribution in [0.2, 0.25) is 0 Å². The third-order valence-corrected chi connectivity index (χ3v) is 6.61. The lowest BCUT2D eigenvalue weighted by atomic mass is 10.1. The van der Waals surface area contributed by atoms with Crippen molar-refractivity contribution in [1.82, 2.24) is 0 Å². The highest BCUT2D eigenvalue weighted by Gasteiger charge is 2.22. The Morgan fingerprint density at radius 2 is 1.27 bits per heavy atom. The standard InChI is InChI=1S/C30H24N2O4S/c33-27(20-11-21-7-3-1-4-8-21)31-24-16-18-26(19-17-24)37-28(22-9-5-2-6-10-22)29(34)32-25-14-12-23(13-15-25)30(35)36/h1-20,28H,(H,31,33)(H,32,34)(H,35,36)/b20-11+. The van der Waals surface area contributed by atoms with Crippen molar-refractivity contribution in [1.29, 1.82) is 0 Å². The highest BCUT2D eigenvalue weighted by Crippen LogP contribution is 2.36. The maximum Gasteiger partial charge on any atom is 0.335 e. The van der Waals surface area contributed by atoms with Gasteiger partial charge in [-0.05, 0) is 65.7 Å². The first kappa shape index (κ1) is 25.5. The van der Waals surface area contributed by atoms with Gasteiger partial charge >= 0.3 is 5.97 Å². The Bertz CT molecular complexity index is 1390. The fraction of sp³-hybridized carbons (Fsp3) is 0.0333. The van der Waals surface area contributed by atoms with Crippen molar-refractivity contribution < 1.29 is 19.5 Å². The Labute approximate surface area is 219 Å². The van der Waals surface area contributed by atoms with E-state index in [2.05, 4.69) is 10.6 Å². The molecule has 1 unspecified atom stereocenters. The largest absolute Gasteiger partial charge is 0.478 e. The van der Waals surface area contributed by atoms with Gasteiger partial charge in [0.05, 0.1) is 5.56 Å². The number of aromatic carboxylic acids is 1. The zero-order chi connectivity index (χ0) is 26.0. The number of hydrogen-bond acceptors (Lipinski definition) is 4. The summed E-state index contributed by atoms with van der Waals surface area (Å²) < 4.78 is 0. The van der Waals surface area contributed by atoms with Crippen LogP contribution in [0.25, 0.3) is 6.08 Å². The van der Waals surface area contributed by atoms with E-state index in [0.717, 1.165) is 16.0 Å². The van der Waals surface area contributed by atoms with Crippen LogP contribution < -0.4 is 10.6 Å². The third-order valence-electron chi connectivity index (χ3n) is 5.34. The maximum atomic E-state index is 13.2. The van der Waals surface area contributed by atoms with Crippen molar-refractivity contribution in [3.05, 3.63) is 132 Å². The van der Waals surface area contributed by atoms with Crippen molar-refractivity contribution in [2.45, 2.75) is 10.1 Å². The monoisotopic (exact) mass is 508 g/mol. The highest BCUT2D eigenvalue weighted by molar-refractivity contribution is 8.00. The number of benzene rings is 4. The molecule has 0 spiro atoms. The van der Waals surface area contributed by atoms with E-state index in [4.69, 9.17) is 5.11 Å². The van der Waals surface area contributed by atoms with Gasteiger partial charge in [0, 0.05) is 22.3 Å². The molecule has 0 aliphatic rings. The molecule has 0 aliphatic carbocycles. The van der Waals surface area contributed by atoms with Crippen LogP contribution in [0.5, 0.6) is 0 Å². The van der Waals surface area contributed by atoms with E-state index in [1.165, 1.54) is 30.0 Å². The molecule has 0 saturated heterocycles. The highest BCUT2D eigenvalue weighted by atomic mass is 32.2. The van der Waals surface area contributed by atoms with Crippen LogP contribution in [-0.4, -0.2) is 22.9 Å². The topological polar surface area (TPSA) is 95.5 Å². The first-order valence-electron chi connectivity index (χ1n) is 11.5. The van der Waals surface area contributed by atoms with Crippen LogP contribution in [-0.2, 0) is 9.59 Å². The molecule has 0 aromatic heterocycles. The SMILES string of the molecule is O=C(/C=C/c1ccccc1)Nc1ccc(SC(C(=O)Nc2ccc(C(=O)O)cc2)c2ccccc2)cc1. The molecule has 0 fully saturated rings. The van der Waals surface area contributed by atoms with Crippen LogP contribution in [0.1, 0.15) is 26.7 Å². The summed E-state index contributed by atoms with van der Waals surface area (Å²) >= 11 is 1.38. The number of carbonyl (C=O) groups is 3. The summed E-state index contributed by atoms with van der Waals surface area (Å²) in [6, 6.07) is 32.3. The van der Waals surface area contributed by atoms with Crippen molar-refractivity contribution in [3.63, 3.8) is 0 Å². The quantitative estimate of drug-likeness (QED) is 0.177. The van der Waals surface area contributed by atoms with Crippen LogP contribution in [0, 0.1) is 0 Å². The molecule has 2 amide bonds. The van der Waals surface area contributed by atoms with E-state index in [9.17, 15) is 14.4 Å². The lowest BCUT2D eigenvalue weighted by Crippen LogP contribution is -2.19. The minimum atomic E-state index is -1.03. The third kappa shape index (κ3) is 7.43. The van der Waals surface area contributed by atoms with Gasteiger partial charge in [-0.25, -0.2) is 4.79 Å². The molecule has 4 aromatic rings. The Morgan fingerprint density at radius 1 is 0.703 bits per heavy atom. The second kappa shape index (κ2) is 12.4. The molecule has 7 heteroatoms. The van der Waals surface area contributed by atoms with Crippen molar-refractivity contribution >= 4 is 47.0 Å². The summed E-state index contributed by atoms with van der Waals surface area (Å²) in [6.07, 6.45) is 3.23. The summed E-state index contributed by atoms with van der Waals surface area (Å²) in [5, 5.41) is 14.2. The molecule has 3 N–H and O–H groups in total. The van der Waals surface area contributed by atoms with E-state index < -0.39 is 11.2 Å². The molecule has 0 aliphatic heterocycles. The number of nitrogens with one attached hydrogen (secondary N) is 2. The number of hydrogen-bond donors (Lipinski definition) is 3. The van der Waals surface area contributed by atoms with E-state index in [-0.39, 0.29) is 17.4 Å². The van der Waals surface area contributed by atoms with Gasteiger partial charge < -0.3 is 15.7 Å². The van der Waals surface area contributed by atoms with Gasteiger partial charge in [-0.3, -0.25) is 9.59 Å². The Balaban J connectivity index is 1.43. The number of amides is 2. The second-order valence-corrected chi connectivity index (χ2v) is 9.22. The number of carbonyl (C=O) groups excluding carboxylic acids is 2. The Hall–Kier alpha value is -4.62. The molecule has 37 heavy (non-hydrogen) atoms. The molecule has 0 saturated carbocycles. The minimum absolute atomic E-state index is 0.148. The molecular weight excluding hydrogens is 484 g/mol. The van der Waals surface area contributed by atoms with Crippen molar-refractivity contribution in [3.8, 4) is 0 Å². The van der Waals surface area contributed by atoms with Gasteiger partial charge in [0.2, 0.25) is 11.8 Å². The number of anilines is 2. The van der Waals surface area contributed by atoms with Crippen molar-refractivity contribution in [2.75, 3.05) is 10.6 Å². The normalized spacial score (nSPS) is 11.6. The Kier molecular flexibility index (Phi) is 8.52. The van der Waals surface area contributed by atoms with Crippen LogP contribution >= 0.6 is 11.8 Å². The van der Waals surface area contributed by atoms with E-state index in [0.29, 0.717) is 11.4 Å². The lowest BCUT2D eigenvalue weighted by molar-refractivity contribution is -0.116. The number of carboxylic acids is 1. The fourth-order valence-corrected chi connectivity index (χ4v) is 4.50. The van der Waals surface area contributed by atoms with E-state index >= 15 is 0 Å². The summed E-state index contributed by atoms with van der Waals surface area (Å²) in [5.74, 6) is -1.50. The smallest absolute Gasteiger partial charge is 0.335 e. The molecular formula is C30H24N2O4S. The Morgan fingerprint density at radius 3 is 1.89 bits per heavy atom. The predicted octanol–water partition coefficient (Wildman–Crippen LogP) is 6.51. The number of carboxylic acid groups (broad SMARTS) is 1. The molecule has 4 aromatic carbocycles.